The van der Waals surface area contributed by atoms with Gasteiger partial charge in [0.1, 0.15) is 5.75 Å². The van der Waals surface area contributed by atoms with Gasteiger partial charge in [0.25, 0.3) is 5.91 Å². The number of hydrogen-bond donors (Lipinski definition) is 1. The summed E-state index contributed by atoms with van der Waals surface area (Å²) in [7, 11) is 0. The number of rotatable bonds is 4. The molecule has 0 aromatic heterocycles. The van der Waals surface area contributed by atoms with Crippen molar-refractivity contribution in [2.75, 3.05) is 32.9 Å². The minimum Gasteiger partial charge on any atom is -0.481 e. The summed E-state index contributed by atoms with van der Waals surface area (Å²) in [6.45, 7) is 2.08. The van der Waals surface area contributed by atoms with E-state index in [0.29, 0.717) is 41.0 Å². The van der Waals surface area contributed by atoms with Gasteiger partial charge in [0, 0.05) is 13.1 Å². The number of nitrogens with zero attached hydrogens (tertiary/aromatic N) is 1. The van der Waals surface area contributed by atoms with Gasteiger partial charge in [-0.15, -0.1) is 0 Å². The summed E-state index contributed by atoms with van der Waals surface area (Å²) in [6.07, 6.45) is 0. The highest BCUT2D eigenvalue weighted by Gasteiger charge is 2.19. The van der Waals surface area contributed by atoms with Gasteiger partial charge in [-0.05, 0) is 44.0 Å². The zero-order chi connectivity index (χ0) is 15.4. The van der Waals surface area contributed by atoms with E-state index in [2.05, 4.69) is 31.9 Å². The van der Waals surface area contributed by atoms with Crippen molar-refractivity contribution < 1.29 is 24.2 Å². The molecule has 8 heteroatoms. The molecule has 0 spiro atoms. The second-order valence-electron chi connectivity index (χ2n) is 4.36. The topological polar surface area (TPSA) is 76.1 Å². The predicted molar refractivity (Wildman–Crippen MR) is 81.7 cm³/mol. The number of carboxylic acids is 1. The summed E-state index contributed by atoms with van der Waals surface area (Å²) in [5, 5.41) is 8.96. The highest BCUT2D eigenvalue weighted by molar-refractivity contribution is 9.11. The summed E-state index contributed by atoms with van der Waals surface area (Å²) in [5.41, 5.74) is 0.126. The molecule has 0 aliphatic carbocycles. The number of hydrogen-bond acceptors (Lipinski definition) is 4. The van der Waals surface area contributed by atoms with Crippen molar-refractivity contribution in [3.05, 3.63) is 26.6 Å². The van der Waals surface area contributed by atoms with Gasteiger partial charge in [-0.3, -0.25) is 4.79 Å². The van der Waals surface area contributed by atoms with Crippen LogP contribution in [0.5, 0.6) is 5.75 Å². The first-order valence-corrected chi connectivity index (χ1v) is 7.78. The highest BCUT2D eigenvalue weighted by atomic mass is 79.9. The number of aromatic carboxylic acids is 1. The van der Waals surface area contributed by atoms with Gasteiger partial charge in [0.15, 0.2) is 6.61 Å². The van der Waals surface area contributed by atoms with E-state index in [1.54, 1.807) is 4.90 Å². The standard InChI is InChI=1S/C13H13Br2NO5/c14-9-5-8(13(18)19)6-10(15)12(9)21-7-11(17)16-1-3-20-4-2-16/h5-6H,1-4,7H2,(H,18,19). The molecule has 0 saturated carbocycles. The Kier molecular flexibility index (Phi) is 5.60. The normalized spacial score (nSPS) is 14.9. The van der Waals surface area contributed by atoms with Crippen molar-refractivity contribution in [2.24, 2.45) is 0 Å². The first-order chi connectivity index (χ1) is 9.99. The number of carboxylic acid groups (broad SMARTS) is 1. The molecule has 1 amide bonds. The van der Waals surface area contributed by atoms with Gasteiger partial charge in [-0.2, -0.15) is 0 Å². The molecule has 6 nitrogen and oxygen atoms in total. The summed E-state index contributed by atoms with van der Waals surface area (Å²) in [6, 6.07) is 2.86. The molecule has 1 saturated heterocycles. The molecule has 1 aliphatic rings. The molecule has 0 bridgehead atoms. The molecule has 0 atom stereocenters. The number of carbonyl (C=O) groups excluding carboxylic acids is 1. The maximum atomic E-state index is 12.0. The fraction of sp³-hybridized carbons (Fsp3) is 0.385. The van der Waals surface area contributed by atoms with E-state index in [4.69, 9.17) is 14.6 Å². The lowest BCUT2D eigenvalue weighted by Gasteiger charge is -2.26. The minimum atomic E-state index is -1.03. The molecule has 1 aromatic rings. The van der Waals surface area contributed by atoms with Crippen LogP contribution >= 0.6 is 31.9 Å². The van der Waals surface area contributed by atoms with Crippen LogP contribution in [0.4, 0.5) is 0 Å². The quantitative estimate of drug-likeness (QED) is 0.804. The Morgan fingerprint density at radius 1 is 1.24 bits per heavy atom. The van der Waals surface area contributed by atoms with E-state index < -0.39 is 5.97 Å². The summed E-state index contributed by atoms with van der Waals surface area (Å²) >= 11 is 6.50. The van der Waals surface area contributed by atoms with E-state index in [1.807, 2.05) is 0 Å². The Hall–Kier alpha value is -1.12. The largest absolute Gasteiger partial charge is 0.481 e. The van der Waals surface area contributed by atoms with E-state index in [-0.39, 0.29) is 18.1 Å². The van der Waals surface area contributed by atoms with Crippen molar-refractivity contribution in [3.63, 3.8) is 0 Å². The average Bonchev–Trinajstić information content (AvgIpc) is 2.46. The second kappa shape index (κ2) is 7.24. The molecule has 1 fully saturated rings. The summed E-state index contributed by atoms with van der Waals surface area (Å²) in [4.78, 5) is 24.6. The van der Waals surface area contributed by atoms with E-state index in [9.17, 15) is 9.59 Å². The van der Waals surface area contributed by atoms with Gasteiger partial charge in [0.05, 0.1) is 27.7 Å². The summed E-state index contributed by atoms with van der Waals surface area (Å²) < 4.78 is 11.6. The molecule has 1 N–H and O–H groups in total. The molecule has 21 heavy (non-hydrogen) atoms. The van der Waals surface area contributed by atoms with Crippen molar-refractivity contribution in [1.82, 2.24) is 4.90 Å². The van der Waals surface area contributed by atoms with Crippen LogP contribution in [-0.2, 0) is 9.53 Å². The molecule has 0 unspecified atom stereocenters. The lowest BCUT2D eigenvalue weighted by atomic mass is 10.2. The predicted octanol–water partition coefficient (Wildman–Crippen LogP) is 2.15. The third-order valence-corrected chi connectivity index (χ3v) is 4.13. The Labute approximate surface area is 138 Å². The monoisotopic (exact) mass is 421 g/mol. The third-order valence-electron chi connectivity index (χ3n) is 2.95. The number of morpholine rings is 1. The van der Waals surface area contributed by atoms with Gasteiger partial charge < -0.3 is 19.5 Å². The maximum absolute atomic E-state index is 12.0. The number of amides is 1. The van der Waals surface area contributed by atoms with Crippen LogP contribution in [-0.4, -0.2) is 54.8 Å². The summed E-state index contributed by atoms with van der Waals surface area (Å²) in [5.74, 6) is -0.756. The fourth-order valence-corrected chi connectivity index (χ4v) is 3.27. The Balaban J connectivity index is 2.02. The Bertz CT molecular complexity index is 534. The van der Waals surface area contributed by atoms with E-state index in [1.165, 1.54) is 12.1 Å². The van der Waals surface area contributed by atoms with Crippen LogP contribution < -0.4 is 4.74 Å². The number of halogens is 2. The van der Waals surface area contributed by atoms with Gasteiger partial charge >= 0.3 is 5.97 Å². The molecular weight excluding hydrogens is 410 g/mol. The van der Waals surface area contributed by atoms with Crippen molar-refractivity contribution in [3.8, 4) is 5.75 Å². The third kappa shape index (κ3) is 4.18. The first kappa shape index (κ1) is 16.3. The van der Waals surface area contributed by atoms with Crippen molar-refractivity contribution >= 4 is 43.7 Å². The molecule has 2 rings (SSSR count). The van der Waals surface area contributed by atoms with Crippen LogP contribution in [0.1, 0.15) is 10.4 Å². The zero-order valence-electron chi connectivity index (χ0n) is 11.0. The van der Waals surface area contributed by atoms with Crippen LogP contribution in [0, 0.1) is 0 Å². The minimum absolute atomic E-state index is 0.108. The average molecular weight is 423 g/mol. The number of ether oxygens (including phenoxy) is 2. The Morgan fingerprint density at radius 3 is 2.33 bits per heavy atom. The van der Waals surface area contributed by atoms with Crippen LogP contribution in [0.2, 0.25) is 0 Å². The first-order valence-electron chi connectivity index (χ1n) is 6.19. The van der Waals surface area contributed by atoms with Crippen LogP contribution in [0.25, 0.3) is 0 Å². The van der Waals surface area contributed by atoms with Crippen LogP contribution in [0.15, 0.2) is 21.1 Å². The SMILES string of the molecule is O=C(O)c1cc(Br)c(OCC(=O)N2CCOCC2)c(Br)c1. The molecule has 0 radical (unpaired) electrons. The van der Waals surface area contributed by atoms with E-state index >= 15 is 0 Å². The Morgan fingerprint density at radius 2 is 1.81 bits per heavy atom. The van der Waals surface area contributed by atoms with Gasteiger partial charge in [-0.25, -0.2) is 4.79 Å². The highest BCUT2D eigenvalue weighted by Crippen LogP contribution is 2.34. The number of carbonyl (C=O) groups is 2. The molecule has 1 heterocycles. The van der Waals surface area contributed by atoms with E-state index in [0.717, 1.165) is 0 Å². The molecule has 1 aromatic carbocycles. The number of benzene rings is 1. The van der Waals surface area contributed by atoms with Gasteiger partial charge in [0.2, 0.25) is 0 Å². The zero-order valence-corrected chi connectivity index (χ0v) is 14.1. The molecular formula is C13H13Br2NO5. The van der Waals surface area contributed by atoms with Crippen molar-refractivity contribution in [2.45, 2.75) is 0 Å². The fourth-order valence-electron chi connectivity index (χ4n) is 1.86. The van der Waals surface area contributed by atoms with Crippen LogP contribution in [0.3, 0.4) is 0 Å². The maximum Gasteiger partial charge on any atom is 0.335 e. The smallest absolute Gasteiger partial charge is 0.335 e. The lowest BCUT2D eigenvalue weighted by molar-refractivity contribution is -0.137. The second-order valence-corrected chi connectivity index (χ2v) is 6.06. The van der Waals surface area contributed by atoms with Gasteiger partial charge in [-0.1, -0.05) is 0 Å². The van der Waals surface area contributed by atoms with Crippen molar-refractivity contribution in [1.29, 1.82) is 0 Å². The molecule has 114 valence electrons. The molecule has 1 aliphatic heterocycles. The lowest BCUT2D eigenvalue weighted by Crippen LogP contribution is -2.43.